The normalized spacial score (nSPS) is 26.2. The predicted molar refractivity (Wildman–Crippen MR) is 159 cm³/mol. The fourth-order valence-corrected chi connectivity index (χ4v) is 9.18. The Kier molecular flexibility index (Phi) is 6.58. The van der Waals surface area contributed by atoms with E-state index in [0.29, 0.717) is 6.04 Å². The summed E-state index contributed by atoms with van der Waals surface area (Å²) in [7, 11) is 0. The van der Waals surface area contributed by atoms with E-state index in [4.69, 9.17) is 4.98 Å². The Labute approximate surface area is 236 Å². The fourth-order valence-electron chi connectivity index (χ4n) is 8.55. The van der Waals surface area contributed by atoms with Crippen molar-refractivity contribution in [3.05, 3.63) is 88.4 Å². The summed E-state index contributed by atoms with van der Waals surface area (Å²) in [6.07, 6.45) is 10.1. The van der Waals surface area contributed by atoms with Crippen molar-refractivity contribution in [3.63, 3.8) is 0 Å². The number of hydrogen-bond donors (Lipinski definition) is 0. The van der Waals surface area contributed by atoms with E-state index in [1.807, 2.05) is 16.8 Å². The molecule has 2 bridgehead atoms. The van der Waals surface area contributed by atoms with E-state index in [2.05, 4.69) is 71.0 Å². The Balaban J connectivity index is 1.07. The van der Waals surface area contributed by atoms with Crippen LogP contribution in [0.5, 0.6) is 0 Å². The van der Waals surface area contributed by atoms with Crippen LogP contribution in [0.2, 0.25) is 0 Å². The second-order valence-electron chi connectivity index (χ2n) is 12.4. The van der Waals surface area contributed by atoms with Gasteiger partial charge >= 0.3 is 0 Å². The van der Waals surface area contributed by atoms with Crippen LogP contribution in [-0.4, -0.2) is 33.4 Å². The highest BCUT2D eigenvalue weighted by atomic mass is 32.1. The van der Waals surface area contributed by atoms with Gasteiger partial charge in [0.25, 0.3) is 5.91 Å². The quantitative estimate of drug-likeness (QED) is 0.250. The highest BCUT2D eigenvalue weighted by Gasteiger charge is 2.45. The molecule has 3 fully saturated rings. The van der Waals surface area contributed by atoms with Crippen molar-refractivity contribution in [2.75, 3.05) is 13.1 Å². The zero-order valence-electron chi connectivity index (χ0n) is 23.0. The summed E-state index contributed by atoms with van der Waals surface area (Å²) in [5.74, 6) is 3.86. The van der Waals surface area contributed by atoms with E-state index in [0.717, 1.165) is 54.8 Å². The van der Waals surface area contributed by atoms with Gasteiger partial charge < -0.3 is 9.47 Å². The van der Waals surface area contributed by atoms with Crippen molar-refractivity contribution in [2.45, 2.75) is 69.7 Å². The first-order valence-corrected chi connectivity index (χ1v) is 15.9. The minimum absolute atomic E-state index is 0.181. The third-order valence-corrected chi connectivity index (χ3v) is 11.2. The van der Waals surface area contributed by atoms with Crippen molar-refractivity contribution in [2.24, 2.45) is 17.8 Å². The molecule has 0 N–H and O–H groups in total. The number of para-hydroxylation sites is 2. The molecule has 4 atom stereocenters. The molecule has 3 unspecified atom stereocenters. The Morgan fingerprint density at radius 1 is 0.974 bits per heavy atom. The zero-order valence-corrected chi connectivity index (χ0v) is 23.8. The van der Waals surface area contributed by atoms with Crippen LogP contribution in [0.4, 0.5) is 0 Å². The fraction of sp³-hybridized carbons (Fsp3) is 0.471. The van der Waals surface area contributed by atoms with E-state index in [-0.39, 0.29) is 11.3 Å². The van der Waals surface area contributed by atoms with Gasteiger partial charge in [0.1, 0.15) is 5.82 Å². The molecule has 2 saturated carbocycles. The van der Waals surface area contributed by atoms with E-state index >= 15 is 0 Å². The van der Waals surface area contributed by atoms with Gasteiger partial charge in [-0.1, -0.05) is 42.5 Å². The second kappa shape index (κ2) is 10.2. The van der Waals surface area contributed by atoms with Gasteiger partial charge in [-0.3, -0.25) is 4.79 Å². The molecule has 3 aliphatic rings. The van der Waals surface area contributed by atoms with Gasteiger partial charge in [-0.25, -0.2) is 4.98 Å². The standard InChI is InChI=1S/C34H39N3OS/c1-24-35-31-9-5-6-10-32(31)37(24)29-21-25-11-12-26(22-29)30(25)13-15-34(28-7-3-2-4-8-28)16-18-36(19-17-34)33(38)27-14-20-39-23-27/h2-10,14,20,23,25-26,29-30H,11-13,15-19,21-22H2,1H3/t25-,26?,29?,30?/m0/s1. The molecule has 39 heavy (non-hydrogen) atoms. The lowest BCUT2D eigenvalue weighted by atomic mass is 9.66. The van der Waals surface area contributed by atoms with Gasteiger partial charge in [-0.15, -0.1) is 0 Å². The van der Waals surface area contributed by atoms with Crippen LogP contribution in [-0.2, 0) is 5.41 Å². The van der Waals surface area contributed by atoms with Crippen LogP contribution in [0.1, 0.15) is 79.2 Å². The monoisotopic (exact) mass is 537 g/mol. The van der Waals surface area contributed by atoms with Crippen LogP contribution in [0.25, 0.3) is 11.0 Å². The Bertz CT molecular complexity index is 1420. The largest absolute Gasteiger partial charge is 0.339 e. The maximum atomic E-state index is 13.1. The molecule has 3 heterocycles. The highest BCUT2D eigenvalue weighted by molar-refractivity contribution is 7.08. The summed E-state index contributed by atoms with van der Waals surface area (Å²) in [4.78, 5) is 20.0. The lowest BCUT2D eigenvalue weighted by Crippen LogP contribution is -2.45. The zero-order chi connectivity index (χ0) is 26.4. The number of hydrogen-bond acceptors (Lipinski definition) is 3. The van der Waals surface area contributed by atoms with Crippen LogP contribution in [0.3, 0.4) is 0 Å². The number of aromatic nitrogens is 2. The van der Waals surface area contributed by atoms with Crippen LogP contribution in [0.15, 0.2) is 71.4 Å². The number of piperidine rings is 1. The molecule has 4 nitrogen and oxygen atoms in total. The molecule has 1 amide bonds. The summed E-state index contributed by atoms with van der Waals surface area (Å²) in [5, 5.41) is 3.99. The maximum absolute atomic E-state index is 13.1. The number of imidazole rings is 1. The number of amides is 1. The van der Waals surface area contributed by atoms with Crippen LogP contribution in [0, 0.1) is 24.7 Å². The van der Waals surface area contributed by atoms with Gasteiger partial charge in [0, 0.05) is 24.5 Å². The number of aryl methyl sites for hydroxylation is 1. The summed E-state index contributed by atoms with van der Waals surface area (Å²) in [6, 6.07) is 22.4. The van der Waals surface area contributed by atoms with Gasteiger partial charge in [0.2, 0.25) is 0 Å². The van der Waals surface area contributed by atoms with E-state index < -0.39 is 0 Å². The predicted octanol–water partition coefficient (Wildman–Crippen LogP) is 8.04. The Hall–Kier alpha value is -2.92. The lowest BCUT2D eigenvalue weighted by Gasteiger charge is -2.44. The topological polar surface area (TPSA) is 38.1 Å². The summed E-state index contributed by atoms with van der Waals surface area (Å²) in [5.41, 5.74) is 4.96. The molecule has 7 rings (SSSR count). The Morgan fingerprint density at radius 3 is 2.41 bits per heavy atom. The van der Waals surface area contributed by atoms with Crippen molar-refractivity contribution in [3.8, 4) is 0 Å². The molecule has 2 aliphatic carbocycles. The van der Waals surface area contributed by atoms with Gasteiger partial charge in [0.05, 0.1) is 16.6 Å². The first-order chi connectivity index (χ1) is 19.1. The average molecular weight is 538 g/mol. The molecule has 1 aliphatic heterocycles. The van der Waals surface area contributed by atoms with E-state index in [1.165, 1.54) is 55.4 Å². The highest BCUT2D eigenvalue weighted by Crippen LogP contribution is 2.54. The van der Waals surface area contributed by atoms with Crippen molar-refractivity contribution in [1.29, 1.82) is 0 Å². The number of carbonyl (C=O) groups excluding carboxylic acids is 1. The molecule has 2 aromatic carbocycles. The van der Waals surface area contributed by atoms with Crippen LogP contribution < -0.4 is 0 Å². The molecule has 0 radical (unpaired) electrons. The number of benzene rings is 2. The SMILES string of the molecule is Cc1nc2ccccc2n1C1CC2CC[C@@H](C1)C2CCC1(c2ccccc2)CCN(C(=O)c2ccsc2)CC1. The number of likely N-dealkylation sites (tertiary alicyclic amines) is 1. The first kappa shape index (κ1) is 25.1. The number of fused-ring (bicyclic) bond motifs is 3. The molecular weight excluding hydrogens is 498 g/mol. The molecule has 5 heteroatoms. The third kappa shape index (κ3) is 4.53. The maximum Gasteiger partial charge on any atom is 0.254 e. The molecule has 0 spiro atoms. The number of nitrogens with zero attached hydrogens (tertiary/aromatic N) is 3. The van der Waals surface area contributed by atoms with Crippen molar-refractivity contribution in [1.82, 2.24) is 14.5 Å². The van der Waals surface area contributed by atoms with Gasteiger partial charge in [-0.2, -0.15) is 11.3 Å². The number of rotatable bonds is 6. The molecule has 1 saturated heterocycles. The summed E-state index contributed by atoms with van der Waals surface area (Å²) < 4.78 is 2.56. The average Bonchev–Trinajstić information content (AvgIpc) is 3.68. The van der Waals surface area contributed by atoms with Gasteiger partial charge in [0.15, 0.2) is 0 Å². The summed E-state index contributed by atoms with van der Waals surface area (Å²) in [6.45, 7) is 3.90. The first-order valence-electron chi connectivity index (χ1n) is 14.9. The molecule has 4 aromatic rings. The van der Waals surface area contributed by atoms with E-state index in [1.54, 1.807) is 11.3 Å². The molecule has 2 aromatic heterocycles. The van der Waals surface area contributed by atoms with Crippen molar-refractivity contribution < 1.29 is 4.79 Å². The smallest absolute Gasteiger partial charge is 0.254 e. The number of thiophene rings is 1. The molecular formula is C34H39N3OS. The third-order valence-electron chi connectivity index (χ3n) is 10.5. The second-order valence-corrected chi connectivity index (χ2v) is 13.2. The number of carbonyl (C=O) groups is 1. The summed E-state index contributed by atoms with van der Waals surface area (Å²) >= 11 is 1.61. The minimum Gasteiger partial charge on any atom is -0.339 e. The Morgan fingerprint density at radius 2 is 1.69 bits per heavy atom. The minimum atomic E-state index is 0.181. The molecule has 202 valence electrons. The van der Waals surface area contributed by atoms with Crippen LogP contribution >= 0.6 is 11.3 Å². The van der Waals surface area contributed by atoms with Crippen molar-refractivity contribution >= 4 is 28.3 Å². The van der Waals surface area contributed by atoms with E-state index in [9.17, 15) is 4.79 Å². The van der Waals surface area contributed by atoms with Gasteiger partial charge in [-0.05, 0) is 111 Å². The lowest BCUT2D eigenvalue weighted by molar-refractivity contribution is 0.0642.